The Morgan fingerprint density at radius 2 is 2.00 bits per heavy atom. The molecule has 98 valence electrons. The number of Topliss-reactive ketones (excluding diaryl/α,β-unsaturated/α-hetero) is 1. The van der Waals surface area contributed by atoms with Crippen molar-refractivity contribution in [3.05, 3.63) is 40.7 Å². The van der Waals surface area contributed by atoms with Crippen LogP contribution in [0.5, 0.6) is 0 Å². The fraction of sp³-hybridized carbons (Fsp3) is 0.154. The Hall–Kier alpha value is -2.50. The van der Waals surface area contributed by atoms with Gasteiger partial charge in [-0.3, -0.25) is 4.79 Å². The van der Waals surface area contributed by atoms with Gasteiger partial charge in [-0.2, -0.15) is 0 Å². The maximum atomic E-state index is 13.2. The number of benzene rings is 1. The molecule has 0 amide bonds. The summed E-state index contributed by atoms with van der Waals surface area (Å²) in [6, 6.07) is 3.84. The molecule has 1 aliphatic heterocycles. The molecular formula is C13H9FO5. The number of carbonyl (C=O) groups is 3. The fourth-order valence-corrected chi connectivity index (χ4v) is 1.67. The van der Waals surface area contributed by atoms with Gasteiger partial charge in [0.05, 0.1) is 7.11 Å². The zero-order valence-corrected chi connectivity index (χ0v) is 10.2. The predicted molar refractivity (Wildman–Crippen MR) is 61.2 cm³/mol. The van der Waals surface area contributed by atoms with Crippen LogP contribution in [0.4, 0.5) is 4.39 Å². The number of halogens is 1. The van der Waals surface area contributed by atoms with Gasteiger partial charge in [0.15, 0.2) is 11.3 Å². The summed E-state index contributed by atoms with van der Waals surface area (Å²) < 4.78 is 22.4. The van der Waals surface area contributed by atoms with E-state index in [-0.39, 0.29) is 11.3 Å². The molecule has 0 aromatic heterocycles. The second-order valence-corrected chi connectivity index (χ2v) is 3.88. The number of carbonyl (C=O) groups excluding carboxylic acids is 3. The van der Waals surface area contributed by atoms with Crippen LogP contribution in [0.2, 0.25) is 0 Å². The smallest absolute Gasteiger partial charge is 0.385 e. The number of esters is 2. The predicted octanol–water partition coefficient (Wildman–Crippen LogP) is 1.14. The molecule has 0 bridgehead atoms. The lowest BCUT2D eigenvalue weighted by Crippen LogP contribution is -2.16. The van der Waals surface area contributed by atoms with Crippen molar-refractivity contribution in [3.8, 4) is 0 Å². The van der Waals surface area contributed by atoms with Crippen LogP contribution in [0, 0.1) is 12.7 Å². The van der Waals surface area contributed by atoms with Crippen LogP contribution in [0.1, 0.15) is 11.1 Å². The minimum atomic E-state index is -1.16. The Morgan fingerprint density at radius 3 is 2.58 bits per heavy atom. The van der Waals surface area contributed by atoms with Crippen LogP contribution in [-0.4, -0.2) is 24.8 Å². The summed E-state index contributed by atoms with van der Waals surface area (Å²) in [5, 5.41) is 0. The van der Waals surface area contributed by atoms with Crippen LogP contribution in [-0.2, 0) is 23.9 Å². The van der Waals surface area contributed by atoms with Crippen LogP contribution >= 0.6 is 0 Å². The summed E-state index contributed by atoms with van der Waals surface area (Å²) in [6.45, 7) is 1.51. The van der Waals surface area contributed by atoms with Crippen molar-refractivity contribution in [2.24, 2.45) is 0 Å². The zero-order chi connectivity index (χ0) is 14.2. The molecule has 0 spiro atoms. The van der Waals surface area contributed by atoms with Crippen molar-refractivity contribution >= 4 is 23.5 Å². The standard InChI is InChI=1S/C13H9FO5/c1-6-5-7(3-4-8(6)14)11-9(12(16)18-2)10(15)13(17)19-11/h3-5H,1-2H3. The van der Waals surface area contributed by atoms with E-state index in [2.05, 4.69) is 4.74 Å². The molecule has 1 aliphatic rings. The SMILES string of the molecule is COC(=O)C1=C(c2ccc(F)c(C)c2)OC(=O)C1=O. The molecule has 1 aromatic carbocycles. The second kappa shape index (κ2) is 4.64. The number of aryl methyl sites for hydroxylation is 1. The van der Waals surface area contributed by atoms with Crippen LogP contribution in [0.25, 0.3) is 5.76 Å². The molecule has 0 N–H and O–H groups in total. The Bertz CT molecular complexity index is 630. The third-order valence-electron chi connectivity index (χ3n) is 2.64. The topological polar surface area (TPSA) is 69.7 Å². The third-order valence-corrected chi connectivity index (χ3v) is 2.64. The number of ketones is 1. The molecule has 0 atom stereocenters. The van der Waals surface area contributed by atoms with Gasteiger partial charge in [0.2, 0.25) is 0 Å². The van der Waals surface area contributed by atoms with E-state index in [1.807, 2.05) is 0 Å². The van der Waals surface area contributed by atoms with Crippen LogP contribution < -0.4 is 0 Å². The number of hydrogen-bond acceptors (Lipinski definition) is 5. The Morgan fingerprint density at radius 1 is 1.32 bits per heavy atom. The molecule has 0 fully saturated rings. The quantitative estimate of drug-likeness (QED) is 0.455. The first-order chi connectivity index (χ1) is 8.95. The van der Waals surface area contributed by atoms with Crippen molar-refractivity contribution in [2.45, 2.75) is 6.92 Å². The van der Waals surface area contributed by atoms with Gasteiger partial charge in [0, 0.05) is 5.56 Å². The van der Waals surface area contributed by atoms with Crippen LogP contribution in [0.3, 0.4) is 0 Å². The molecule has 0 unspecified atom stereocenters. The Labute approximate surface area is 107 Å². The summed E-state index contributed by atoms with van der Waals surface area (Å²) in [6.07, 6.45) is 0. The molecule has 1 heterocycles. The average Bonchev–Trinajstić information content (AvgIpc) is 2.68. The largest absolute Gasteiger partial charge is 0.465 e. The monoisotopic (exact) mass is 264 g/mol. The van der Waals surface area contributed by atoms with Gasteiger partial charge in [0.25, 0.3) is 5.78 Å². The summed E-state index contributed by atoms with van der Waals surface area (Å²) in [5.74, 6) is -3.83. The van der Waals surface area contributed by atoms with E-state index in [1.165, 1.54) is 19.1 Å². The summed E-state index contributed by atoms with van der Waals surface area (Å²) in [7, 11) is 1.08. The minimum absolute atomic E-state index is 0.204. The molecule has 6 heteroatoms. The number of methoxy groups -OCH3 is 1. The van der Waals surface area contributed by atoms with Gasteiger partial charge in [-0.25, -0.2) is 14.0 Å². The van der Waals surface area contributed by atoms with E-state index in [0.29, 0.717) is 5.56 Å². The van der Waals surface area contributed by atoms with E-state index in [9.17, 15) is 18.8 Å². The molecule has 0 saturated carbocycles. The van der Waals surface area contributed by atoms with E-state index in [1.54, 1.807) is 0 Å². The van der Waals surface area contributed by atoms with Crippen molar-refractivity contribution in [1.29, 1.82) is 0 Å². The van der Waals surface area contributed by atoms with Crippen molar-refractivity contribution in [1.82, 2.24) is 0 Å². The van der Waals surface area contributed by atoms with Gasteiger partial charge in [-0.1, -0.05) is 0 Å². The molecule has 19 heavy (non-hydrogen) atoms. The normalized spacial score (nSPS) is 14.7. The summed E-state index contributed by atoms with van der Waals surface area (Å²) in [4.78, 5) is 34.3. The Balaban J connectivity index is 2.59. The van der Waals surface area contributed by atoms with Crippen molar-refractivity contribution in [2.75, 3.05) is 7.11 Å². The maximum absolute atomic E-state index is 13.2. The molecule has 1 aromatic rings. The minimum Gasteiger partial charge on any atom is -0.465 e. The molecule has 0 radical (unpaired) electrons. The highest BCUT2D eigenvalue weighted by Gasteiger charge is 2.39. The third kappa shape index (κ3) is 2.12. The lowest BCUT2D eigenvalue weighted by atomic mass is 10.0. The van der Waals surface area contributed by atoms with Crippen molar-refractivity contribution in [3.63, 3.8) is 0 Å². The fourth-order valence-electron chi connectivity index (χ4n) is 1.67. The molecule has 5 nitrogen and oxygen atoms in total. The molecule has 0 aliphatic carbocycles. The second-order valence-electron chi connectivity index (χ2n) is 3.88. The van der Waals surface area contributed by atoms with E-state index in [0.717, 1.165) is 13.2 Å². The van der Waals surface area contributed by atoms with Crippen LogP contribution in [0.15, 0.2) is 23.8 Å². The lowest BCUT2D eigenvalue weighted by molar-refractivity contribution is -0.146. The van der Waals surface area contributed by atoms with Gasteiger partial charge < -0.3 is 9.47 Å². The lowest BCUT2D eigenvalue weighted by Gasteiger charge is -2.05. The highest BCUT2D eigenvalue weighted by Crippen LogP contribution is 2.29. The average molecular weight is 264 g/mol. The highest BCUT2D eigenvalue weighted by molar-refractivity contribution is 6.51. The summed E-state index contributed by atoms with van der Waals surface area (Å²) in [5.41, 5.74) is 0.0848. The van der Waals surface area contributed by atoms with Crippen molar-refractivity contribution < 1.29 is 28.2 Å². The number of hydrogen-bond donors (Lipinski definition) is 0. The molecule has 0 saturated heterocycles. The Kier molecular flexibility index (Phi) is 3.16. The van der Waals surface area contributed by atoms with E-state index < -0.39 is 29.1 Å². The molecular weight excluding hydrogens is 255 g/mol. The van der Waals surface area contributed by atoms with Gasteiger partial charge >= 0.3 is 11.9 Å². The van der Waals surface area contributed by atoms with Gasteiger partial charge in [0.1, 0.15) is 5.82 Å². The summed E-state index contributed by atoms with van der Waals surface area (Å²) >= 11 is 0. The van der Waals surface area contributed by atoms with Gasteiger partial charge in [-0.15, -0.1) is 0 Å². The number of ether oxygens (including phenoxy) is 2. The van der Waals surface area contributed by atoms with Gasteiger partial charge in [-0.05, 0) is 30.7 Å². The zero-order valence-electron chi connectivity index (χ0n) is 10.2. The maximum Gasteiger partial charge on any atom is 0.385 e. The van der Waals surface area contributed by atoms with E-state index in [4.69, 9.17) is 4.74 Å². The number of rotatable bonds is 2. The number of cyclic esters (lactones) is 1. The highest BCUT2D eigenvalue weighted by atomic mass is 19.1. The first-order valence-electron chi connectivity index (χ1n) is 5.31. The first-order valence-corrected chi connectivity index (χ1v) is 5.31. The molecule has 2 rings (SSSR count). The van der Waals surface area contributed by atoms with E-state index >= 15 is 0 Å². The first kappa shape index (κ1) is 12.9.